The number of amides is 2. The smallest absolute Gasteiger partial charge is 0.409 e. The molecule has 2 saturated heterocycles. The summed E-state index contributed by atoms with van der Waals surface area (Å²) in [6.07, 6.45) is 2.13. The van der Waals surface area contributed by atoms with Gasteiger partial charge in [0.25, 0.3) is 0 Å². The van der Waals surface area contributed by atoms with Crippen molar-refractivity contribution in [1.29, 1.82) is 0 Å². The van der Waals surface area contributed by atoms with Crippen LogP contribution in [0.25, 0.3) is 0 Å². The lowest BCUT2D eigenvalue weighted by Gasteiger charge is -2.34. The Labute approximate surface area is 114 Å². The second kappa shape index (κ2) is 6.75. The molecule has 6 nitrogen and oxygen atoms in total. The highest BCUT2D eigenvalue weighted by Gasteiger charge is 2.26. The number of carbonyl (C=O) groups excluding carboxylic acids is 2. The number of nitrogens with zero attached hydrogens (tertiary/aromatic N) is 3. The van der Waals surface area contributed by atoms with Gasteiger partial charge in [0.05, 0.1) is 13.2 Å². The fraction of sp³-hybridized carbons (Fsp3) is 0.846. The average molecular weight is 269 g/mol. The van der Waals surface area contributed by atoms with Crippen molar-refractivity contribution in [3.8, 4) is 0 Å². The molecule has 0 unspecified atom stereocenters. The van der Waals surface area contributed by atoms with Crippen molar-refractivity contribution in [1.82, 2.24) is 14.7 Å². The minimum Gasteiger partial charge on any atom is -0.450 e. The zero-order valence-corrected chi connectivity index (χ0v) is 11.6. The van der Waals surface area contributed by atoms with Crippen LogP contribution in [0.15, 0.2) is 0 Å². The van der Waals surface area contributed by atoms with Crippen molar-refractivity contribution < 1.29 is 14.3 Å². The van der Waals surface area contributed by atoms with E-state index in [2.05, 4.69) is 4.90 Å². The Balaban J connectivity index is 1.72. The number of ether oxygens (including phenoxy) is 1. The first kappa shape index (κ1) is 14.1. The maximum absolute atomic E-state index is 12.1. The van der Waals surface area contributed by atoms with Gasteiger partial charge in [-0.05, 0) is 32.9 Å². The van der Waals surface area contributed by atoms with Gasteiger partial charge in [-0.1, -0.05) is 0 Å². The molecule has 0 atom stereocenters. The fourth-order valence-electron chi connectivity index (χ4n) is 2.59. The summed E-state index contributed by atoms with van der Waals surface area (Å²) in [5.41, 5.74) is 0. The molecule has 2 aliphatic rings. The van der Waals surface area contributed by atoms with E-state index in [1.54, 1.807) is 11.8 Å². The Morgan fingerprint density at radius 2 is 1.53 bits per heavy atom. The molecule has 6 heteroatoms. The van der Waals surface area contributed by atoms with Gasteiger partial charge in [-0.3, -0.25) is 9.69 Å². The summed E-state index contributed by atoms with van der Waals surface area (Å²) >= 11 is 0. The summed E-state index contributed by atoms with van der Waals surface area (Å²) in [6.45, 7) is 7.18. The van der Waals surface area contributed by atoms with E-state index in [1.165, 1.54) is 12.8 Å². The van der Waals surface area contributed by atoms with E-state index in [0.29, 0.717) is 39.3 Å². The second-order valence-corrected chi connectivity index (χ2v) is 5.05. The zero-order valence-electron chi connectivity index (χ0n) is 11.6. The highest BCUT2D eigenvalue weighted by Crippen LogP contribution is 2.09. The summed E-state index contributed by atoms with van der Waals surface area (Å²) < 4.78 is 4.96. The van der Waals surface area contributed by atoms with Crippen molar-refractivity contribution >= 4 is 12.0 Å². The second-order valence-electron chi connectivity index (χ2n) is 5.05. The lowest BCUT2D eigenvalue weighted by molar-refractivity contribution is -0.133. The van der Waals surface area contributed by atoms with Gasteiger partial charge in [0, 0.05) is 26.2 Å². The third-order valence-electron chi connectivity index (χ3n) is 3.72. The van der Waals surface area contributed by atoms with Gasteiger partial charge in [0.1, 0.15) is 0 Å². The molecule has 0 saturated carbocycles. The number of likely N-dealkylation sites (tertiary alicyclic amines) is 1. The number of carbonyl (C=O) groups is 2. The van der Waals surface area contributed by atoms with E-state index in [4.69, 9.17) is 4.74 Å². The molecule has 0 radical (unpaired) electrons. The molecule has 2 amide bonds. The Bertz CT molecular complexity index is 321. The van der Waals surface area contributed by atoms with Crippen LogP contribution in [0.2, 0.25) is 0 Å². The standard InChI is InChI=1S/C13H23N3O3/c1-2-19-13(18)16-9-7-15(8-10-16)12(17)11-14-5-3-4-6-14/h2-11H2,1H3. The topological polar surface area (TPSA) is 53.1 Å². The highest BCUT2D eigenvalue weighted by molar-refractivity contribution is 5.78. The van der Waals surface area contributed by atoms with Gasteiger partial charge < -0.3 is 14.5 Å². The molecule has 19 heavy (non-hydrogen) atoms. The lowest BCUT2D eigenvalue weighted by atomic mass is 10.3. The van der Waals surface area contributed by atoms with Crippen LogP contribution in [-0.2, 0) is 9.53 Å². The molecule has 2 heterocycles. The Kier molecular flexibility index (Phi) is 5.01. The number of rotatable bonds is 3. The first-order valence-corrected chi connectivity index (χ1v) is 7.12. The SMILES string of the molecule is CCOC(=O)N1CCN(C(=O)CN2CCCC2)CC1. The number of piperazine rings is 1. The fourth-order valence-corrected chi connectivity index (χ4v) is 2.59. The van der Waals surface area contributed by atoms with Gasteiger partial charge >= 0.3 is 6.09 Å². The molecule has 0 bridgehead atoms. The molecule has 0 aromatic rings. The highest BCUT2D eigenvalue weighted by atomic mass is 16.6. The van der Waals surface area contributed by atoms with Gasteiger partial charge in [0.15, 0.2) is 0 Å². The Morgan fingerprint density at radius 3 is 2.11 bits per heavy atom. The molecule has 0 N–H and O–H groups in total. The van der Waals surface area contributed by atoms with Gasteiger partial charge in [-0.25, -0.2) is 4.79 Å². The van der Waals surface area contributed by atoms with Crippen LogP contribution in [0.5, 0.6) is 0 Å². The molecule has 0 aromatic carbocycles. The quantitative estimate of drug-likeness (QED) is 0.743. The normalized spacial score (nSPS) is 20.7. The third kappa shape index (κ3) is 3.83. The zero-order chi connectivity index (χ0) is 13.7. The van der Waals surface area contributed by atoms with Crippen molar-refractivity contribution in [3.63, 3.8) is 0 Å². The molecule has 0 spiro atoms. The number of hydrogen-bond acceptors (Lipinski definition) is 4. The van der Waals surface area contributed by atoms with Crippen molar-refractivity contribution in [3.05, 3.63) is 0 Å². The molecule has 2 fully saturated rings. The van der Waals surface area contributed by atoms with E-state index < -0.39 is 0 Å². The van der Waals surface area contributed by atoms with E-state index in [9.17, 15) is 9.59 Å². The van der Waals surface area contributed by atoms with Crippen LogP contribution in [0, 0.1) is 0 Å². The lowest BCUT2D eigenvalue weighted by Crippen LogP contribution is -2.52. The molecular formula is C13H23N3O3. The van der Waals surface area contributed by atoms with E-state index in [1.807, 2.05) is 4.90 Å². The Hall–Kier alpha value is -1.30. The summed E-state index contributed by atoms with van der Waals surface area (Å²) in [6, 6.07) is 0. The molecule has 2 rings (SSSR count). The average Bonchev–Trinajstić information content (AvgIpc) is 2.92. The van der Waals surface area contributed by atoms with E-state index >= 15 is 0 Å². The van der Waals surface area contributed by atoms with Gasteiger partial charge in [-0.15, -0.1) is 0 Å². The molecule has 0 aliphatic carbocycles. The summed E-state index contributed by atoms with van der Waals surface area (Å²) in [7, 11) is 0. The predicted octanol–water partition coefficient (Wildman–Crippen LogP) is 0.383. The minimum absolute atomic E-state index is 0.186. The van der Waals surface area contributed by atoms with Gasteiger partial charge in [0.2, 0.25) is 5.91 Å². The van der Waals surface area contributed by atoms with Crippen LogP contribution < -0.4 is 0 Å². The molecule has 108 valence electrons. The summed E-state index contributed by atoms with van der Waals surface area (Å²) in [5, 5.41) is 0. The van der Waals surface area contributed by atoms with Crippen LogP contribution in [0.3, 0.4) is 0 Å². The van der Waals surface area contributed by atoms with Crippen LogP contribution in [-0.4, -0.2) is 79.1 Å². The monoisotopic (exact) mass is 269 g/mol. The van der Waals surface area contributed by atoms with E-state index in [0.717, 1.165) is 13.1 Å². The van der Waals surface area contributed by atoms with Crippen LogP contribution >= 0.6 is 0 Å². The number of hydrogen-bond donors (Lipinski definition) is 0. The van der Waals surface area contributed by atoms with Crippen LogP contribution in [0.1, 0.15) is 19.8 Å². The first-order valence-electron chi connectivity index (χ1n) is 7.12. The van der Waals surface area contributed by atoms with Gasteiger partial charge in [-0.2, -0.15) is 0 Å². The third-order valence-corrected chi connectivity index (χ3v) is 3.72. The van der Waals surface area contributed by atoms with Crippen molar-refractivity contribution in [2.45, 2.75) is 19.8 Å². The van der Waals surface area contributed by atoms with E-state index in [-0.39, 0.29) is 12.0 Å². The summed E-state index contributed by atoms with van der Waals surface area (Å²) in [5.74, 6) is 0.186. The predicted molar refractivity (Wildman–Crippen MR) is 70.8 cm³/mol. The van der Waals surface area contributed by atoms with Crippen molar-refractivity contribution in [2.75, 3.05) is 52.4 Å². The minimum atomic E-state index is -0.269. The van der Waals surface area contributed by atoms with Crippen molar-refractivity contribution in [2.24, 2.45) is 0 Å². The Morgan fingerprint density at radius 1 is 0.947 bits per heavy atom. The first-order chi connectivity index (χ1) is 9.20. The molecule has 0 aromatic heterocycles. The van der Waals surface area contributed by atoms with Crippen LogP contribution in [0.4, 0.5) is 4.79 Å². The maximum atomic E-state index is 12.1. The maximum Gasteiger partial charge on any atom is 0.409 e. The molecule has 2 aliphatic heterocycles. The largest absolute Gasteiger partial charge is 0.450 e. The molecular weight excluding hydrogens is 246 g/mol. The summed E-state index contributed by atoms with van der Waals surface area (Å²) in [4.78, 5) is 29.4.